The molecule has 1 aromatic rings. The first-order valence-electron chi connectivity index (χ1n) is 7.93. The third-order valence-corrected chi connectivity index (χ3v) is 4.25. The lowest BCUT2D eigenvalue weighted by atomic mass is 9.97. The zero-order valence-corrected chi connectivity index (χ0v) is 12.8. The van der Waals surface area contributed by atoms with Crippen LogP contribution in [0.4, 0.5) is 0 Å². The number of ether oxygens (including phenoxy) is 1. The molecule has 1 fully saturated rings. The van der Waals surface area contributed by atoms with E-state index in [1.54, 1.807) is 0 Å². The van der Waals surface area contributed by atoms with E-state index in [0.29, 0.717) is 6.04 Å². The van der Waals surface area contributed by atoms with Crippen molar-refractivity contribution in [3.05, 3.63) is 30.3 Å². The predicted molar refractivity (Wildman–Crippen MR) is 84.2 cm³/mol. The molecule has 1 aliphatic heterocycles. The second kappa shape index (κ2) is 8.28. The first-order chi connectivity index (χ1) is 9.79. The van der Waals surface area contributed by atoms with Crippen molar-refractivity contribution in [3.63, 3.8) is 0 Å². The second-order valence-corrected chi connectivity index (χ2v) is 5.76. The van der Waals surface area contributed by atoms with Crippen LogP contribution < -0.4 is 10.1 Å². The van der Waals surface area contributed by atoms with Gasteiger partial charge in [0, 0.05) is 32.2 Å². The average Bonchev–Trinajstić information content (AvgIpc) is 2.52. The normalized spacial score (nSPS) is 21.6. The Bertz CT molecular complexity index is 369. The molecule has 0 radical (unpaired) electrons. The standard InChI is InChI=1S/C17H28N2O/c1-3-15(2)17-14-19(12-10-18-17)11-7-13-20-16-8-5-4-6-9-16/h4-6,8-9,15,17-18H,3,7,10-14H2,1-2H3. The van der Waals surface area contributed by atoms with Gasteiger partial charge >= 0.3 is 0 Å². The van der Waals surface area contributed by atoms with Gasteiger partial charge in [-0.25, -0.2) is 0 Å². The maximum Gasteiger partial charge on any atom is 0.119 e. The van der Waals surface area contributed by atoms with Gasteiger partial charge in [-0.15, -0.1) is 0 Å². The second-order valence-electron chi connectivity index (χ2n) is 5.76. The van der Waals surface area contributed by atoms with Gasteiger partial charge in [-0.05, 0) is 24.5 Å². The molecule has 0 spiro atoms. The highest BCUT2D eigenvalue weighted by Crippen LogP contribution is 2.13. The number of para-hydroxylation sites is 1. The maximum absolute atomic E-state index is 5.75. The fourth-order valence-electron chi connectivity index (χ4n) is 2.71. The monoisotopic (exact) mass is 276 g/mol. The van der Waals surface area contributed by atoms with Crippen molar-refractivity contribution in [2.75, 3.05) is 32.8 Å². The van der Waals surface area contributed by atoms with E-state index in [2.05, 4.69) is 24.1 Å². The average molecular weight is 276 g/mol. The lowest BCUT2D eigenvalue weighted by Gasteiger charge is -2.36. The fourth-order valence-corrected chi connectivity index (χ4v) is 2.71. The molecule has 2 rings (SSSR count). The van der Waals surface area contributed by atoms with Crippen molar-refractivity contribution in [3.8, 4) is 5.75 Å². The van der Waals surface area contributed by atoms with Gasteiger partial charge in [0.15, 0.2) is 0 Å². The summed E-state index contributed by atoms with van der Waals surface area (Å²) in [6.07, 6.45) is 2.35. The summed E-state index contributed by atoms with van der Waals surface area (Å²) < 4.78 is 5.75. The van der Waals surface area contributed by atoms with Crippen LogP contribution in [-0.4, -0.2) is 43.7 Å². The quantitative estimate of drug-likeness (QED) is 0.775. The number of nitrogens with zero attached hydrogens (tertiary/aromatic N) is 1. The van der Waals surface area contributed by atoms with Crippen LogP contribution in [0.25, 0.3) is 0 Å². The van der Waals surface area contributed by atoms with E-state index in [9.17, 15) is 0 Å². The van der Waals surface area contributed by atoms with E-state index in [-0.39, 0.29) is 0 Å². The van der Waals surface area contributed by atoms with E-state index in [1.807, 2.05) is 30.3 Å². The van der Waals surface area contributed by atoms with Gasteiger partial charge in [0.1, 0.15) is 5.75 Å². The van der Waals surface area contributed by atoms with Gasteiger partial charge in [-0.1, -0.05) is 38.5 Å². The molecule has 0 aromatic heterocycles. The zero-order chi connectivity index (χ0) is 14.2. The molecule has 1 N–H and O–H groups in total. The van der Waals surface area contributed by atoms with Crippen molar-refractivity contribution in [1.82, 2.24) is 10.2 Å². The van der Waals surface area contributed by atoms with E-state index < -0.39 is 0 Å². The van der Waals surface area contributed by atoms with Crippen molar-refractivity contribution >= 4 is 0 Å². The Labute approximate surface area is 123 Å². The van der Waals surface area contributed by atoms with E-state index >= 15 is 0 Å². The zero-order valence-electron chi connectivity index (χ0n) is 12.8. The van der Waals surface area contributed by atoms with Crippen LogP contribution in [0.3, 0.4) is 0 Å². The number of hydrogen-bond donors (Lipinski definition) is 1. The Hall–Kier alpha value is -1.06. The number of hydrogen-bond acceptors (Lipinski definition) is 3. The Morgan fingerprint density at radius 1 is 1.35 bits per heavy atom. The van der Waals surface area contributed by atoms with Crippen LogP contribution >= 0.6 is 0 Å². The van der Waals surface area contributed by atoms with Gasteiger partial charge in [0.25, 0.3) is 0 Å². The summed E-state index contributed by atoms with van der Waals surface area (Å²) in [5.74, 6) is 1.74. The van der Waals surface area contributed by atoms with Crippen LogP contribution in [0.15, 0.2) is 30.3 Å². The highest BCUT2D eigenvalue weighted by molar-refractivity contribution is 5.20. The van der Waals surface area contributed by atoms with Crippen molar-refractivity contribution in [1.29, 1.82) is 0 Å². The van der Waals surface area contributed by atoms with E-state index in [1.165, 1.54) is 13.0 Å². The summed E-state index contributed by atoms with van der Waals surface area (Å²) in [6, 6.07) is 10.7. The van der Waals surface area contributed by atoms with Gasteiger partial charge in [0.2, 0.25) is 0 Å². The summed E-state index contributed by atoms with van der Waals surface area (Å²) in [6.45, 7) is 10.0. The number of rotatable bonds is 7. The van der Waals surface area contributed by atoms with Crippen LogP contribution in [0.5, 0.6) is 5.75 Å². The first kappa shape index (κ1) is 15.3. The summed E-state index contributed by atoms with van der Waals surface area (Å²) >= 11 is 0. The number of piperazine rings is 1. The Morgan fingerprint density at radius 2 is 2.15 bits per heavy atom. The molecule has 3 heteroatoms. The Kier molecular flexibility index (Phi) is 6.34. The lowest BCUT2D eigenvalue weighted by Crippen LogP contribution is -2.53. The van der Waals surface area contributed by atoms with Crippen molar-refractivity contribution < 1.29 is 4.74 Å². The predicted octanol–water partition coefficient (Wildman–Crippen LogP) is 2.78. The van der Waals surface area contributed by atoms with Crippen molar-refractivity contribution in [2.24, 2.45) is 5.92 Å². The van der Waals surface area contributed by atoms with Crippen LogP contribution in [0.2, 0.25) is 0 Å². The van der Waals surface area contributed by atoms with Crippen molar-refractivity contribution in [2.45, 2.75) is 32.7 Å². The summed E-state index contributed by atoms with van der Waals surface area (Å²) in [7, 11) is 0. The molecule has 1 saturated heterocycles. The summed E-state index contributed by atoms with van der Waals surface area (Å²) in [5.41, 5.74) is 0. The number of benzene rings is 1. The summed E-state index contributed by atoms with van der Waals surface area (Å²) in [5, 5.41) is 3.64. The third kappa shape index (κ3) is 4.80. The SMILES string of the molecule is CCC(C)C1CN(CCCOc2ccccc2)CCN1. The lowest BCUT2D eigenvalue weighted by molar-refractivity contribution is 0.158. The van der Waals surface area contributed by atoms with Crippen LogP contribution in [0.1, 0.15) is 26.7 Å². The molecule has 0 aliphatic carbocycles. The highest BCUT2D eigenvalue weighted by Gasteiger charge is 2.22. The van der Waals surface area contributed by atoms with Crippen LogP contribution in [0, 0.1) is 5.92 Å². The molecule has 0 saturated carbocycles. The Morgan fingerprint density at radius 3 is 2.90 bits per heavy atom. The minimum Gasteiger partial charge on any atom is -0.494 e. The fraction of sp³-hybridized carbons (Fsp3) is 0.647. The molecule has 3 nitrogen and oxygen atoms in total. The largest absolute Gasteiger partial charge is 0.494 e. The maximum atomic E-state index is 5.75. The Balaban J connectivity index is 1.64. The third-order valence-electron chi connectivity index (χ3n) is 4.25. The minimum absolute atomic E-state index is 0.656. The van der Waals surface area contributed by atoms with Crippen LogP contribution in [-0.2, 0) is 0 Å². The summed E-state index contributed by atoms with van der Waals surface area (Å²) in [4.78, 5) is 2.57. The molecule has 0 amide bonds. The van der Waals surface area contributed by atoms with Gasteiger partial charge in [0.05, 0.1) is 6.61 Å². The van der Waals surface area contributed by atoms with Gasteiger partial charge < -0.3 is 15.0 Å². The molecule has 112 valence electrons. The van der Waals surface area contributed by atoms with E-state index in [0.717, 1.165) is 44.3 Å². The highest BCUT2D eigenvalue weighted by atomic mass is 16.5. The minimum atomic E-state index is 0.656. The first-order valence-corrected chi connectivity index (χ1v) is 7.93. The molecular weight excluding hydrogens is 248 g/mol. The molecule has 2 atom stereocenters. The molecular formula is C17H28N2O. The van der Waals surface area contributed by atoms with Gasteiger partial charge in [-0.2, -0.15) is 0 Å². The topological polar surface area (TPSA) is 24.5 Å². The molecule has 1 aliphatic rings. The van der Waals surface area contributed by atoms with Gasteiger partial charge in [-0.3, -0.25) is 0 Å². The smallest absolute Gasteiger partial charge is 0.119 e. The molecule has 1 heterocycles. The number of nitrogens with one attached hydrogen (secondary N) is 1. The molecule has 1 aromatic carbocycles. The molecule has 0 bridgehead atoms. The molecule has 2 unspecified atom stereocenters. The molecule has 20 heavy (non-hydrogen) atoms. The van der Waals surface area contributed by atoms with E-state index in [4.69, 9.17) is 4.74 Å².